The van der Waals surface area contributed by atoms with Crippen LogP contribution in [-0.4, -0.2) is 43.0 Å². The number of rotatable bonds is 5. The Hall–Kier alpha value is -1.26. The average molecular weight is 229 g/mol. The molecule has 0 aromatic heterocycles. The summed E-state index contributed by atoms with van der Waals surface area (Å²) in [5.41, 5.74) is 0. The molecule has 0 fully saturated rings. The predicted octanol–water partition coefficient (Wildman–Crippen LogP) is 0.951. The molecule has 0 spiro atoms. The first-order valence-corrected chi connectivity index (χ1v) is 5.70. The number of hydrogen-bond acceptors (Lipinski definition) is 2. The largest absolute Gasteiger partial charge is 0.347 e. The van der Waals surface area contributed by atoms with E-state index < -0.39 is 6.04 Å². The van der Waals surface area contributed by atoms with Crippen LogP contribution in [0.3, 0.4) is 0 Å². The number of carbonyl (C=O) groups is 2. The minimum atomic E-state index is -0.496. The van der Waals surface area contributed by atoms with Gasteiger partial charge in [0.2, 0.25) is 5.91 Å². The van der Waals surface area contributed by atoms with E-state index in [1.165, 1.54) is 4.90 Å². The Kier molecular flexibility index (Phi) is 6.53. The highest BCUT2D eigenvalue weighted by Crippen LogP contribution is 1.96. The Morgan fingerprint density at radius 2 is 1.62 bits per heavy atom. The number of amides is 3. The van der Waals surface area contributed by atoms with Gasteiger partial charge in [-0.3, -0.25) is 4.79 Å². The first-order valence-electron chi connectivity index (χ1n) is 5.70. The van der Waals surface area contributed by atoms with Crippen LogP contribution >= 0.6 is 0 Å². The number of nitrogens with one attached hydrogen (secondary N) is 2. The lowest BCUT2D eigenvalue weighted by Crippen LogP contribution is -2.50. The molecule has 0 radical (unpaired) electrons. The quantitative estimate of drug-likeness (QED) is 0.737. The number of likely N-dealkylation sites (N-methyl/N-ethyl adjacent to an activating group) is 1. The molecule has 0 saturated heterocycles. The molecule has 1 unspecified atom stereocenters. The highest BCUT2D eigenvalue weighted by molar-refractivity contribution is 5.86. The Morgan fingerprint density at radius 3 is 2.00 bits per heavy atom. The highest BCUT2D eigenvalue weighted by atomic mass is 16.2. The Balaban J connectivity index is 4.09. The molecular formula is C11H23N3O2. The van der Waals surface area contributed by atoms with E-state index in [-0.39, 0.29) is 18.0 Å². The van der Waals surface area contributed by atoms with Crippen molar-refractivity contribution < 1.29 is 9.59 Å². The molecule has 0 heterocycles. The lowest BCUT2D eigenvalue weighted by atomic mass is 10.2. The molecule has 16 heavy (non-hydrogen) atoms. The summed E-state index contributed by atoms with van der Waals surface area (Å²) < 4.78 is 0. The van der Waals surface area contributed by atoms with Crippen LogP contribution in [0, 0.1) is 0 Å². The van der Waals surface area contributed by atoms with E-state index in [0.29, 0.717) is 0 Å². The van der Waals surface area contributed by atoms with Crippen molar-refractivity contribution in [3.63, 3.8) is 0 Å². The van der Waals surface area contributed by atoms with Gasteiger partial charge < -0.3 is 15.5 Å². The number of carbonyl (C=O) groups excluding carboxylic acids is 2. The molecular weight excluding hydrogens is 206 g/mol. The van der Waals surface area contributed by atoms with Crippen molar-refractivity contribution >= 4 is 11.9 Å². The van der Waals surface area contributed by atoms with E-state index in [0.717, 1.165) is 12.8 Å². The third-order valence-electron chi connectivity index (χ3n) is 2.48. The van der Waals surface area contributed by atoms with Crippen molar-refractivity contribution in [2.24, 2.45) is 0 Å². The standard InChI is InChI=1S/C11H23N3O2/c1-6-9(7-2)13-11(16)12-8(3)10(15)14(4)5/h8-9H,6-7H2,1-5H3,(H2,12,13,16). The van der Waals surface area contributed by atoms with Crippen molar-refractivity contribution in [2.75, 3.05) is 14.1 Å². The maximum absolute atomic E-state index is 11.5. The van der Waals surface area contributed by atoms with E-state index in [1.54, 1.807) is 21.0 Å². The van der Waals surface area contributed by atoms with Crippen LogP contribution in [0.25, 0.3) is 0 Å². The zero-order valence-corrected chi connectivity index (χ0v) is 10.8. The fourth-order valence-corrected chi connectivity index (χ4v) is 1.37. The first kappa shape index (κ1) is 14.7. The van der Waals surface area contributed by atoms with Crippen LogP contribution in [0.15, 0.2) is 0 Å². The summed E-state index contributed by atoms with van der Waals surface area (Å²) in [5.74, 6) is -0.111. The molecule has 94 valence electrons. The van der Waals surface area contributed by atoms with Crippen LogP contribution in [0.1, 0.15) is 33.6 Å². The van der Waals surface area contributed by atoms with Crippen molar-refractivity contribution in [3.8, 4) is 0 Å². The molecule has 5 heteroatoms. The minimum Gasteiger partial charge on any atom is -0.347 e. The van der Waals surface area contributed by atoms with Crippen molar-refractivity contribution in [3.05, 3.63) is 0 Å². The van der Waals surface area contributed by atoms with Gasteiger partial charge in [-0.05, 0) is 19.8 Å². The molecule has 0 bridgehead atoms. The van der Waals surface area contributed by atoms with E-state index >= 15 is 0 Å². The van der Waals surface area contributed by atoms with E-state index in [9.17, 15) is 9.59 Å². The molecule has 3 amide bonds. The second-order valence-electron chi connectivity index (χ2n) is 4.09. The Labute approximate surface area is 97.6 Å². The van der Waals surface area contributed by atoms with Gasteiger partial charge in [0.05, 0.1) is 0 Å². The smallest absolute Gasteiger partial charge is 0.315 e. The summed E-state index contributed by atoms with van der Waals surface area (Å²) in [6.07, 6.45) is 1.78. The van der Waals surface area contributed by atoms with E-state index in [1.807, 2.05) is 13.8 Å². The molecule has 5 nitrogen and oxygen atoms in total. The Morgan fingerprint density at radius 1 is 1.12 bits per heavy atom. The van der Waals surface area contributed by atoms with E-state index in [2.05, 4.69) is 10.6 Å². The lowest BCUT2D eigenvalue weighted by molar-refractivity contribution is -0.130. The maximum atomic E-state index is 11.5. The fourth-order valence-electron chi connectivity index (χ4n) is 1.37. The van der Waals surface area contributed by atoms with Crippen molar-refractivity contribution in [1.82, 2.24) is 15.5 Å². The monoisotopic (exact) mass is 229 g/mol. The van der Waals surface area contributed by atoms with E-state index in [4.69, 9.17) is 0 Å². The zero-order chi connectivity index (χ0) is 12.7. The number of urea groups is 1. The van der Waals surface area contributed by atoms with Crippen molar-refractivity contribution in [1.29, 1.82) is 0 Å². The molecule has 2 N–H and O–H groups in total. The molecule has 0 aliphatic heterocycles. The van der Waals surface area contributed by atoms with Gasteiger partial charge in [-0.25, -0.2) is 4.79 Å². The average Bonchev–Trinajstić information content (AvgIpc) is 2.24. The maximum Gasteiger partial charge on any atom is 0.315 e. The Bertz CT molecular complexity index is 237. The zero-order valence-electron chi connectivity index (χ0n) is 10.8. The van der Waals surface area contributed by atoms with Gasteiger partial charge in [0, 0.05) is 20.1 Å². The van der Waals surface area contributed by atoms with Crippen LogP contribution in [0.4, 0.5) is 4.79 Å². The third kappa shape index (κ3) is 5.00. The second-order valence-corrected chi connectivity index (χ2v) is 4.09. The van der Waals surface area contributed by atoms with Crippen LogP contribution in [0.5, 0.6) is 0 Å². The number of nitrogens with zero attached hydrogens (tertiary/aromatic N) is 1. The summed E-state index contributed by atoms with van der Waals surface area (Å²) >= 11 is 0. The first-order chi connectivity index (χ1) is 7.42. The predicted molar refractivity (Wildman–Crippen MR) is 64.2 cm³/mol. The van der Waals surface area contributed by atoms with Crippen molar-refractivity contribution in [2.45, 2.75) is 45.7 Å². The molecule has 0 aliphatic rings. The van der Waals surface area contributed by atoms with Gasteiger partial charge in [-0.2, -0.15) is 0 Å². The van der Waals surface area contributed by atoms with Crippen LogP contribution < -0.4 is 10.6 Å². The molecule has 0 rings (SSSR count). The lowest BCUT2D eigenvalue weighted by Gasteiger charge is -2.20. The SMILES string of the molecule is CCC(CC)NC(=O)NC(C)C(=O)N(C)C. The minimum absolute atomic E-state index is 0.111. The highest BCUT2D eigenvalue weighted by Gasteiger charge is 2.17. The fraction of sp³-hybridized carbons (Fsp3) is 0.818. The normalized spacial score (nSPS) is 12.1. The summed E-state index contributed by atoms with van der Waals surface area (Å²) in [7, 11) is 3.33. The van der Waals surface area contributed by atoms with Gasteiger partial charge in [0.25, 0.3) is 0 Å². The van der Waals surface area contributed by atoms with Crippen LogP contribution in [-0.2, 0) is 4.79 Å². The second kappa shape index (κ2) is 7.09. The molecule has 0 aromatic carbocycles. The summed E-state index contributed by atoms with van der Waals surface area (Å²) in [4.78, 5) is 24.5. The summed E-state index contributed by atoms with van der Waals surface area (Å²) in [6.45, 7) is 5.71. The number of hydrogen-bond donors (Lipinski definition) is 2. The summed E-state index contributed by atoms with van der Waals surface area (Å²) in [5, 5.41) is 5.44. The van der Waals surface area contributed by atoms with Gasteiger partial charge in [0.15, 0.2) is 0 Å². The summed E-state index contributed by atoms with van der Waals surface area (Å²) in [6, 6.07) is -0.609. The van der Waals surface area contributed by atoms with Crippen LogP contribution in [0.2, 0.25) is 0 Å². The molecule has 0 aliphatic carbocycles. The molecule has 1 atom stereocenters. The third-order valence-corrected chi connectivity index (χ3v) is 2.48. The van der Waals surface area contributed by atoms with Gasteiger partial charge in [-0.15, -0.1) is 0 Å². The molecule has 0 saturated carbocycles. The topological polar surface area (TPSA) is 61.4 Å². The van der Waals surface area contributed by atoms with Gasteiger partial charge in [-0.1, -0.05) is 13.8 Å². The van der Waals surface area contributed by atoms with Gasteiger partial charge in [0.1, 0.15) is 6.04 Å². The van der Waals surface area contributed by atoms with Gasteiger partial charge >= 0.3 is 6.03 Å². The molecule has 0 aromatic rings.